The van der Waals surface area contributed by atoms with Gasteiger partial charge in [-0.2, -0.15) is 0 Å². The van der Waals surface area contributed by atoms with E-state index < -0.39 is 17.7 Å². The number of hydrogen-bond donors (Lipinski definition) is 1. The van der Waals surface area contributed by atoms with Crippen LogP contribution in [0.1, 0.15) is 27.6 Å². The number of halogens is 1. The lowest BCUT2D eigenvalue weighted by atomic mass is 9.98. The predicted octanol–water partition coefficient (Wildman–Crippen LogP) is 5.27. The number of thiophene rings is 1. The molecule has 1 fully saturated rings. The summed E-state index contributed by atoms with van der Waals surface area (Å²) in [5.41, 5.74) is 2.89. The third-order valence-corrected chi connectivity index (χ3v) is 6.81. The summed E-state index contributed by atoms with van der Waals surface area (Å²) in [6.07, 6.45) is 0.737. The lowest BCUT2D eigenvalue weighted by Crippen LogP contribution is -2.29. The molecule has 1 amide bonds. The maximum absolute atomic E-state index is 13.2. The Morgan fingerprint density at radius 2 is 2.03 bits per heavy atom. The fraction of sp³-hybridized carbons (Fsp3) is 0.167. The molecule has 1 atom stereocenters. The van der Waals surface area contributed by atoms with Crippen molar-refractivity contribution in [3.63, 3.8) is 0 Å². The van der Waals surface area contributed by atoms with Crippen LogP contribution in [0.3, 0.4) is 0 Å². The number of benzene rings is 2. The standard InChI is InChI=1S/C24H18ClNO4S/c1-13-4-6-16(25)12-17(13)26-21(19-3-2-10-31-19)20(23(28)24(26)29)22(27)15-5-7-18-14(11-15)8-9-30-18/h2-7,10-12,21,27H,8-9H2,1H3/b22-20-. The Morgan fingerprint density at radius 1 is 1.19 bits per heavy atom. The number of carbonyl (C=O) groups excluding carboxylic acids is 2. The number of amides is 1. The molecule has 3 heterocycles. The molecule has 7 heteroatoms. The van der Waals surface area contributed by atoms with Crippen molar-refractivity contribution in [3.05, 3.63) is 86.1 Å². The van der Waals surface area contributed by atoms with Gasteiger partial charge in [0.05, 0.1) is 12.2 Å². The molecule has 5 nitrogen and oxygen atoms in total. The van der Waals surface area contributed by atoms with Crippen LogP contribution in [0, 0.1) is 6.92 Å². The van der Waals surface area contributed by atoms with E-state index >= 15 is 0 Å². The third-order valence-electron chi connectivity index (χ3n) is 5.65. The van der Waals surface area contributed by atoms with Gasteiger partial charge in [-0.25, -0.2) is 0 Å². The monoisotopic (exact) mass is 451 g/mol. The van der Waals surface area contributed by atoms with Crippen molar-refractivity contribution in [1.82, 2.24) is 0 Å². The average molecular weight is 452 g/mol. The Bertz CT molecular complexity index is 1250. The summed E-state index contributed by atoms with van der Waals surface area (Å²) in [5.74, 6) is -0.808. The van der Waals surface area contributed by atoms with Crippen LogP contribution in [-0.2, 0) is 16.0 Å². The van der Waals surface area contributed by atoms with E-state index in [1.165, 1.54) is 16.2 Å². The zero-order valence-electron chi connectivity index (χ0n) is 16.6. The molecule has 0 saturated carbocycles. The van der Waals surface area contributed by atoms with Crippen LogP contribution in [0.25, 0.3) is 5.76 Å². The van der Waals surface area contributed by atoms with E-state index in [4.69, 9.17) is 16.3 Å². The molecule has 1 saturated heterocycles. The molecule has 5 rings (SSSR count). The van der Waals surface area contributed by atoms with Gasteiger partial charge in [-0.15, -0.1) is 11.3 Å². The molecule has 1 unspecified atom stereocenters. The van der Waals surface area contributed by atoms with Crippen molar-refractivity contribution in [3.8, 4) is 5.75 Å². The molecular formula is C24H18ClNO4S. The van der Waals surface area contributed by atoms with Crippen LogP contribution in [0.4, 0.5) is 5.69 Å². The first kappa shape index (κ1) is 19.8. The number of carbonyl (C=O) groups is 2. The van der Waals surface area contributed by atoms with Crippen LogP contribution in [0.5, 0.6) is 5.75 Å². The van der Waals surface area contributed by atoms with E-state index in [0.717, 1.165) is 28.2 Å². The molecule has 2 aliphatic heterocycles. The second-order valence-corrected chi connectivity index (χ2v) is 8.95. The molecule has 2 aliphatic rings. The van der Waals surface area contributed by atoms with Crippen LogP contribution in [0.2, 0.25) is 5.02 Å². The van der Waals surface area contributed by atoms with Gasteiger partial charge in [0.2, 0.25) is 0 Å². The number of ether oxygens (including phenoxy) is 1. The highest BCUT2D eigenvalue weighted by atomic mass is 35.5. The molecule has 0 aliphatic carbocycles. The van der Waals surface area contributed by atoms with Gasteiger partial charge in [0.25, 0.3) is 11.7 Å². The second-order valence-electron chi connectivity index (χ2n) is 7.54. The fourth-order valence-electron chi connectivity index (χ4n) is 4.13. The number of aliphatic hydroxyl groups excluding tert-OH is 1. The van der Waals surface area contributed by atoms with Gasteiger partial charge in [0.1, 0.15) is 17.6 Å². The number of aryl methyl sites for hydroxylation is 1. The van der Waals surface area contributed by atoms with Gasteiger partial charge in [0, 0.05) is 27.6 Å². The normalized spacial score (nSPS) is 19.5. The Kier molecular flexibility index (Phi) is 4.84. The molecule has 2 aromatic carbocycles. The van der Waals surface area contributed by atoms with Gasteiger partial charge >= 0.3 is 0 Å². The van der Waals surface area contributed by atoms with Gasteiger partial charge in [-0.05, 0) is 59.8 Å². The van der Waals surface area contributed by atoms with Crippen LogP contribution in [0.15, 0.2) is 59.5 Å². The Labute approximate surface area is 188 Å². The predicted molar refractivity (Wildman–Crippen MR) is 121 cm³/mol. The molecule has 0 spiro atoms. The van der Waals surface area contributed by atoms with E-state index in [2.05, 4.69) is 0 Å². The van der Waals surface area contributed by atoms with Gasteiger partial charge in [-0.1, -0.05) is 23.7 Å². The Hall–Kier alpha value is -3.09. The number of aliphatic hydroxyl groups is 1. The summed E-state index contributed by atoms with van der Waals surface area (Å²) < 4.78 is 5.54. The second kappa shape index (κ2) is 7.55. The fourth-order valence-corrected chi connectivity index (χ4v) is 5.12. The number of hydrogen-bond acceptors (Lipinski definition) is 5. The maximum atomic E-state index is 13.2. The molecule has 1 aromatic heterocycles. The van der Waals surface area contributed by atoms with Crippen LogP contribution in [-0.4, -0.2) is 23.4 Å². The lowest BCUT2D eigenvalue weighted by molar-refractivity contribution is -0.132. The highest BCUT2D eigenvalue weighted by molar-refractivity contribution is 7.10. The zero-order valence-corrected chi connectivity index (χ0v) is 18.2. The van der Waals surface area contributed by atoms with Crippen LogP contribution >= 0.6 is 22.9 Å². The summed E-state index contributed by atoms with van der Waals surface area (Å²) in [5, 5.41) is 13.6. The average Bonchev–Trinajstić information content (AvgIpc) is 3.50. The highest BCUT2D eigenvalue weighted by Gasteiger charge is 2.47. The number of Topliss-reactive ketones (excluding diaryl/α,β-unsaturated/α-hetero) is 1. The summed E-state index contributed by atoms with van der Waals surface area (Å²) in [6.45, 7) is 2.45. The third kappa shape index (κ3) is 3.23. The van der Waals surface area contributed by atoms with Gasteiger partial charge in [0.15, 0.2) is 0 Å². The number of anilines is 1. The minimum Gasteiger partial charge on any atom is -0.507 e. The Balaban J connectivity index is 1.71. The quantitative estimate of drug-likeness (QED) is 0.334. The minimum absolute atomic E-state index is 0.0747. The first-order valence-corrected chi connectivity index (χ1v) is 11.1. The van der Waals surface area contributed by atoms with Crippen molar-refractivity contribution >= 4 is 46.1 Å². The summed E-state index contributed by atoms with van der Waals surface area (Å²) in [7, 11) is 0. The van der Waals surface area contributed by atoms with E-state index in [1.54, 1.807) is 24.3 Å². The van der Waals surface area contributed by atoms with Crippen LogP contribution < -0.4 is 9.64 Å². The number of ketones is 1. The molecule has 31 heavy (non-hydrogen) atoms. The number of fused-ring (bicyclic) bond motifs is 1. The maximum Gasteiger partial charge on any atom is 0.300 e. The largest absolute Gasteiger partial charge is 0.507 e. The zero-order chi connectivity index (χ0) is 21.7. The van der Waals surface area contributed by atoms with Gasteiger partial charge < -0.3 is 9.84 Å². The number of rotatable bonds is 3. The molecule has 1 N–H and O–H groups in total. The topological polar surface area (TPSA) is 66.8 Å². The molecular weight excluding hydrogens is 434 g/mol. The summed E-state index contributed by atoms with van der Waals surface area (Å²) >= 11 is 7.63. The number of nitrogens with zero attached hydrogens (tertiary/aromatic N) is 1. The molecule has 3 aromatic rings. The van der Waals surface area contributed by atoms with E-state index in [9.17, 15) is 14.7 Å². The summed E-state index contributed by atoms with van der Waals surface area (Å²) in [6, 6.07) is 13.5. The highest BCUT2D eigenvalue weighted by Crippen LogP contribution is 2.45. The van der Waals surface area contributed by atoms with Crippen molar-refractivity contribution in [2.24, 2.45) is 0 Å². The van der Waals surface area contributed by atoms with Crippen molar-refractivity contribution in [2.45, 2.75) is 19.4 Å². The molecule has 0 bridgehead atoms. The van der Waals surface area contributed by atoms with E-state index in [-0.39, 0.29) is 11.3 Å². The minimum atomic E-state index is -0.735. The smallest absolute Gasteiger partial charge is 0.300 e. The summed E-state index contributed by atoms with van der Waals surface area (Å²) in [4.78, 5) is 28.6. The first-order chi connectivity index (χ1) is 15.0. The van der Waals surface area contributed by atoms with E-state index in [1.807, 2.05) is 36.6 Å². The van der Waals surface area contributed by atoms with Crippen molar-refractivity contribution in [1.29, 1.82) is 0 Å². The SMILES string of the molecule is Cc1ccc(Cl)cc1N1C(=O)C(=O)/C(=C(\O)c2ccc3c(c2)CCO3)C1c1cccs1. The van der Waals surface area contributed by atoms with E-state index in [0.29, 0.717) is 22.9 Å². The molecule has 0 radical (unpaired) electrons. The van der Waals surface area contributed by atoms with Gasteiger partial charge in [-0.3, -0.25) is 14.5 Å². The lowest BCUT2D eigenvalue weighted by Gasteiger charge is -2.25. The van der Waals surface area contributed by atoms with Crippen molar-refractivity contribution in [2.75, 3.05) is 11.5 Å². The first-order valence-electron chi connectivity index (χ1n) is 9.82. The molecule has 156 valence electrons. The van der Waals surface area contributed by atoms with Crippen molar-refractivity contribution < 1.29 is 19.4 Å². The Morgan fingerprint density at radius 3 is 2.81 bits per heavy atom.